The predicted octanol–water partition coefficient (Wildman–Crippen LogP) is 4.29. The lowest BCUT2D eigenvalue weighted by Crippen LogP contribution is -2.13. The summed E-state index contributed by atoms with van der Waals surface area (Å²) in [6.07, 6.45) is 4.81. The normalized spacial score (nSPS) is 12.4. The second kappa shape index (κ2) is 9.48. The van der Waals surface area contributed by atoms with Crippen molar-refractivity contribution in [3.63, 3.8) is 0 Å². The molecule has 0 saturated carbocycles. The van der Waals surface area contributed by atoms with Crippen molar-refractivity contribution < 1.29 is 9.47 Å². The van der Waals surface area contributed by atoms with Gasteiger partial charge in [-0.25, -0.2) is 0 Å². The number of anilines is 1. The Hall–Kier alpha value is -1.45. The first-order valence-electron chi connectivity index (χ1n) is 8.08. The molecular weight excluding hydrogens is 264 g/mol. The van der Waals surface area contributed by atoms with Crippen LogP contribution in [0, 0.1) is 11.8 Å². The van der Waals surface area contributed by atoms with Gasteiger partial charge in [-0.3, -0.25) is 0 Å². The fourth-order valence-corrected chi connectivity index (χ4v) is 1.98. The third kappa shape index (κ3) is 6.69. The van der Waals surface area contributed by atoms with E-state index in [0.717, 1.165) is 6.42 Å². The van der Waals surface area contributed by atoms with Crippen molar-refractivity contribution in [3.8, 4) is 11.8 Å². The molecule has 1 aromatic heterocycles. The standard InChI is InChI=1S/C17H30N2O2/c1-5-7-8-14(6-2)12-20-16-10-9-15(18)17(19-16)21-11-13(3)4/h9-10,13-14H,5-8,11-12,18H2,1-4H3. The summed E-state index contributed by atoms with van der Waals surface area (Å²) < 4.78 is 11.4. The maximum absolute atomic E-state index is 5.88. The molecule has 0 radical (unpaired) electrons. The summed E-state index contributed by atoms with van der Waals surface area (Å²) in [5, 5.41) is 0. The fourth-order valence-electron chi connectivity index (χ4n) is 1.98. The van der Waals surface area contributed by atoms with E-state index < -0.39 is 0 Å². The lowest BCUT2D eigenvalue weighted by Gasteiger charge is -2.16. The van der Waals surface area contributed by atoms with E-state index in [0.29, 0.717) is 42.5 Å². The number of rotatable bonds is 10. The van der Waals surface area contributed by atoms with E-state index in [1.54, 1.807) is 6.07 Å². The average molecular weight is 294 g/mol. The smallest absolute Gasteiger partial charge is 0.240 e. The van der Waals surface area contributed by atoms with Crippen LogP contribution in [0.5, 0.6) is 11.8 Å². The molecule has 0 aliphatic carbocycles. The number of hydrogen-bond donors (Lipinski definition) is 1. The van der Waals surface area contributed by atoms with Crippen LogP contribution < -0.4 is 15.2 Å². The van der Waals surface area contributed by atoms with Crippen LogP contribution in [0.3, 0.4) is 0 Å². The molecule has 2 N–H and O–H groups in total. The molecule has 0 amide bonds. The van der Waals surface area contributed by atoms with Crippen molar-refractivity contribution in [1.29, 1.82) is 0 Å². The third-order valence-corrected chi connectivity index (χ3v) is 3.43. The van der Waals surface area contributed by atoms with Crippen LogP contribution in [0.25, 0.3) is 0 Å². The fraction of sp³-hybridized carbons (Fsp3) is 0.706. The van der Waals surface area contributed by atoms with Crippen molar-refractivity contribution >= 4 is 5.69 Å². The van der Waals surface area contributed by atoms with Gasteiger partial charge in [0.15, 0.2) is 0 Å². The van der Waals surface area contributed by atoms with Gasteiger partial charge < -0.3 is 15.2 Å². The molecule has 0 aliphatic heterocycles. The number of pyridine rings is 1. The van der Waals surface area contributed by atoms with Crippen molar-refractivity contribution in [2.75, 3.05) is 18.9 Å². The minimum absolute atomic E-state index is 0.439. The molecule has 120 valence electrons. The summed E-state index contributed by atoms with van der Waals surface area (Å²) in [5.74, 6) is 2.10. The van der Waals surface area contributed by atoms with E-state index in [-0.39, 0.29) is 0 Å². The van der Waals surface area contributed by atoms with Crippen molar-refractivity contribution in [1.82, 2.24) is 4.98 Å². The molecule has 0 aromatic carbocycles. The molecule has 1 atom stereocenters. The van der Waals surface area contributed by atoms with E-state index in [1.165, 1.54) is 19.3 Å². The summed E-state index contributed by atoms with van der Waals surface area (Å²) in [6, 6.07) is 3.61. The Morgan fingerprint density at radius 1 is 1.14 bits per heavy atom. The molecule has 0 saturated heterocycles. The van der Waals surface area contributed by atoms with Crippen LogP contribution in [0.2, 0.25) is 0 Å². The van der Waals surface area contributed by atoms with E-state index >= 15 is 0 Å². The largest absolute Gasteiger partial charge is 0.477 e. The van der Waals surface area contributed by atoms with Crippen molar-refractivity contribution in [3.05, 3.63) is 12.1 Å². The first-order chi connectivity index (χ1) is 10.1. The van der Waals surface area contributed by atoms with E-state index in [2.05, 4.69) is 32.7 Å². The van der Waals surface area contributed by atoms with Crippen LogP contribution >= 0.6 is 0 Å². The molecule has 0 bridgehead atoms. The number of aromatic nitrogens is 1. The molecular formula is C17H30N2O2. The van der Waals surface area contributed by atoms with Crippen LogP contribution in [0.4, 0.5) is 5.69 Å². The highest BCUT2D eigenvalue weighted by Crippen LogP contribution is 2.23. The Kier molecular flexibility index (Phi) is 7.95. The summed E-state index contributed by atoms with van der Waals surface area (Å²) in [4.78, 5) is 4.36. The van der Waals surface area contributed by atoms with E-state index in [9.17, 15) is 0 Å². The van der Waals surface area contributed by atoms with Gasteiger partial charge in [-0.15, -0.1) is 0 Å². The first kappa shape index (κ1) is 17.6. The number of unbranched alkanes of at least 4 members (excludes halogenated alkanes) is 1. The predicted molar refractivity (Wildman–Crippen MR) is 87.8 cm³/mol. The zero-order valence-corrected chi connectivity index (χ0v) is 13.9. The highest BCUT2D eigenvalue weighted by Gasteiger charge is 2.10. The number of nitrogens with two attached hydrogens (primary N) is 1. The molecule has 4 nitrogen and oxygen atoms in total. The van der Waals surface area contributed by atoms with Crippen LogP contribution in [-0.4, -0.2) is 18.2 Å². The molecule has 4 heteroatoms. The highest BCUT2D eigenvalue weighted by molar-refractivity contribution is 5.49. The monoisotopic (exact) mass is 294 g/mol. The molecule has 0 fully saturated rings. The van der Waals surface area contributed by atoms with Crippen LogP contribution in [0.1, 0.15) is 53.4 Å². The highest BCUT2D eigenvalue weighted by atomic mass is 16.5. The van der Waals surface area contributed by atoms with Crippen LogP contribution in [-0.2, 0) is 0 Å². The average Bonchev–Trinajstić information content (AvgIpc) is 2.47. The van der Waals surface area contributed by atoms with Gasteiger partial charge in [0, 0.05) is 6.07 Å². The Labute approximate surface area is 129 Å². The van der Waals surface area contributed by atoms with Gasteiger partial charge in [-0.05, 0) is 24.3 Å². The minimum Gasteiger partial charge on any atom is -0.477 e. The quantitative estimate of drug-likeness (QED) is 0.699. The Bertz CT molecular complexity index is 408. The van der Waals surface area contributed by atoms with Gasteiger partial charge in [0.1, 0.15) is 0 Å². The number of nitrogens with zero attached hydrogens (tertiary/aromatic N) is 1. The van der Waals surface area contributed by atoms with Gasteiger partial charge >= 0.3 is 0 Å². The van der Waals surface area contributed by atoms with Gasteiger partial charge in [-0.1, -0.05) is 47.0 Å². The number of ether oxygens (including phenoxy) is 2. The molecule has 0 spiro atoms. The van der Waals surface area contributed by atoms with Gasteiger partial charge in [0.2, 0.25) is 11.8 Å². The summed E-state index contributed by atoms with van der Waals surface area (Å²) >= 11 is 0. The van der Waals surface area contributed by atoms with Crippen molar-refractivity contribution in [2.45, 2.75) is 53.4 Å². The third-order valence-electron chi connectivity index (χ3n) is 3.43. The Morgan fingerprint density at radius 2 is 1.90 bits per heavy atom. The second-order valence-electron chi connectivity index (χ2n) is 5.98. The maximum atomic E-state index is 5.88. The van der Waals surface area contributed by atoms with Gasteiger partial charge in [-0.2, -0.15) is 4.98 Å². The van der Waals surface area contributed by atoms with Crippen LogP contribution in [0.15, 0.2) is 12.1 Å². The summed E-state index contributed by atoms with van der Waals surface area (Å²) in [7, 11) is 0. The zero-order valence-electron chi connectivity index (χ0n) is 13.9. The molecule has 1 aromatic rings. The zero-order chi connectivity index (χ0) is 15.7. The second-order valence-corrected chi connectivity index (χ2v) is 5.98. The van der Waals surface area contributed by atoms with Gasteiger partial charge in [0.25, 0.3) is 0 Å². The Morgan fingerprint density at radius 3 is 2.52 bits per heavy atom. The maximum Gasteiger partial charge on any atom is 0.240 e. The lowest BCUT2D eigenvalue weighted by atomic mass is 10.0. The summed E-state index contributed by atoms with van der Waals surface area (Å²) in [5.41, 5.74) is 6.44. The molecule has 1 rings (SSSR count). The van der Waals surface area contributed by atoms with Crippen molar-refractivity contribution in [2.24, 2.45) is 11.8 Å². The molecule has 21 heavy (non-hydrogen) atoms. The van der Waals surface area contributed by atoms with E-state index in [1.807, 2.05) is 6.07 Å². The van der Waals surface area contributed by atoms with Gasteiger partial charge in [0.05, 0.1) is 18.9 Å². The summed E-state index contributed by atoms with van der Waals surface area (Å²) in [6.45, 7) is 9.92. The SMILES string of the molecule is CCCCC(CC)COc1ccc(N)c(OCC(C)C)n1. The topological polar surface area (TPSA) is 57.4 Å². The molecule has 1 unspecified atom stereocenters. The number of hydrogen-bond acceptors (Lipinski definition) is 4. The molecule has 0 aliphatic rings. The number of nitrogen functional groups attached to an aromatic ring is 1. The van der Waals surface area contributed by atoms with E-state index in [4.69, 9.17) is 15.2 Å². The minimum atomic E-state index is 0.439. The Balaban J connectivity index is 2.56. The lowest BCUT2D eigenvalue weighted by molar-refractivity contribution is 0.218. The molecule has 1 heterocycles. The first-order valence-corrected chi connectivity index (χ1v) is 8.08.